The minimum Gasteiger partial charge on any atom is -0.396 e. The fourth-order valence-corrected chi connectivity index (χ4v) is 2.77. The van der Waals surface area contributed by atoms with Crippen LogP contribution in [0.15, 0.2) is 0 Å². The van der Waals surface area contributed by atoms with Gasteiger partial charge in [0.15, 0.2) is 0 Å². The molecule has 0 aromatic rings. The van der Waals surface area contributed by atoms with Crippen LogP contribution >= 0.6 is 0 Å². The van der Waals surface area contributed by atoms with E-state index in [9.17, 15) is 0 Å². The smallest absolute Gasteiger partial charge is 0.0443 e. The van der Waals surface area contributed by atoms with Crippen LogP contribution < -0.4 is 0 Å². The Morgan fingerprint density at radius 2 is 1.77 bits per heavy atom. The molecule has 0 amide bonds. The quantitative estimate of drug-likeness (QED) is 0.721. The van der Waals surface area contributed by atoms with Crippen LogP contribution in [-0.2, 0) is 0 Å². The van der Waals surface area contributed by atoms with E-state index in [4.69, 9.17) is 5.11 Å². The molecule has 0 spiro atoms. The average Bonchev–Trinajstić information content (AvgIpc) is 2.42. The first kappa shape index (κ1) is 11.0. The second kappa shape index (κ2) is 4.97. The lowest BCUT2D eigenvalue weighted by Gasteiger charge is -2.31. The molecule has 78 valence electrons. The van der Waals surface area contributed by atoms with Crippen LogP contribution in [0.4, 0.5) is 0 Å². The van der Waals surface area contributed by atoms with Gasteiger partial charge < -0.3 is 10.0 Å². The molecule has 1 fully saturated rings. The van der Waals surface area contributed by atoms with E-state index >= 15 is 0 Å². The Morgan fingerprint density at radius 1 is 1.23 bits per heavy atom. The summed E-state index contributed by atoms with van der Waals surface area (Å²) in [6, 6.07) is 0.742. The molecule has 0 saturated heterocycles. The summed E-state index contributed by atoms with van der Waals surface area (Å²) in [6.07, 6.45) is 3.65. The van der Waals surface area contributed by atoms with Gasteiger partial charge in [0, 0.05) is 19.2 Å². The van der Waals surface area contributed by atoms with Crippen molar-refractivity contribution in [1.82, 2.24) is 4.90 Å². The average molecular weight is 185 g/mol. The first-order chi connectivity index (χ1) is 6.16. The standard InChI is InChI=1S/C11H23NO/c1-9-5-6-10(2)11(9)12(3)7-4-8-13/h9-11,13H,4-8H2,1-3H3. The number of nitrogens with zero attached hydrogens (tertiary/aromatic N) is 1. The number of hydrogen-bond acceptors (Lipinski definition) is 2. The molecule has 0 bridgehead atoms. The van der Waals surface area contributed by atoms with E-state index < -0.39 is 0 Å². The highest BCUT2D eigenvalue weighted by Crippen LogP contribution is 2.33. The monoisotopic (exact) mass is 185 g/mol. The molecule has 0 aromatic heterocycles. The van der Waals surface area contributed by atoms with Crippen molar-refractivity contribution in [2.45, 2.75) is 39.2 Å². The lowest BCUT2D eigenvalue weighted by molar-refractivity contribution is 0.155. The summed E-state index contributed by atoms with van der Waals surface area (Å²) in [5.41, 5.74) is 0. The van der Waals surface area contributed by atoms with Gasteiger partial charge in [0.05, 0.1) is 0 Å². The lowest BCUT2D eigenvalue weighted by Crippen LogP contribution is -2.38. The van der Waals surface area contributed by atoms with Gasteiger partial charge in [-0.2, -0.15) is 0 Å². The van der Waals surface area contributed by atoms with E-state index in [0.717, 1.165) is 30.8 Å². The zero-order valence-electron chi connectivity index (χ0n) is 9.16. The third-order valence-electron chi connectivity index (χ3n) is 3.42. The molecule has 2 atom stereocenters. The highest BCUT2D eigenvalue weighted by molar-refractivity contribution is 4.86. The number of hydrogen-bond donors (Lipinski definition) is 1. The Kier molecular flexibility index (Phi) is 4.20. The van der Waals surface area contributed by atoms with Crippen LogP contribution in [0.2, 0.25) is 0 Å². The van der Waals surface area contributed by atoms with Crippen molar-refractivity contribution in [1.29, 1.82) is 0 Å². The van der Waals surface area contributed by atoms with Gasteiger partial charge in [-0.15, -0.1) is 0 Å². The number of rotatable bonds is 4. The fraction of sp³-hybridized carbons (Fsp3) is 1.00. The van der Waals surface area contributed by atoms with Crippen LogP contribution in [-0.4, -0.2) is 36.2 Å². The molecule has 2 heteroatoms. The molecule has 1 aliphatic rings. The van der Waals surface area contributed by atoms with Crippen molar-refractivity contribution in [3.8, 4) is 0 Å². The molecule has 13 heavy (non-hydrogen) atoms. The SMILES string of the molecule is CC1CCC(C)C1N(C)CCCO. The summed E-state index contributed by atoms with van der Waals surface area (Å²) in [4.78, 5) is 2.43. The predicted molar refractivity (Wildman–Crippen MR) is 55.7 cm³/mol. The molecule has 0 radical (unpaired) electrons. The predicted octanol–water partition coefficient (Wildman–Crippen LogP) is 1.74. The van der Waals surface area contributed by atoms with Crippen LogP contribution in [0, 0.1) is 11.8 Å². The van der Waals surface area contributed by atoms with Gasteiger partial charge >= 0.3 is 0 Å². The Hall–Kier alpha value is -0.0800. The molecule has 1 N–H and O–H groups in total. The Labute approximate surface area is 81.9 Å². The Bertz CT molecular complexity index is 139. The minimum absolute atomic E-state index is 0.319. The van der Waals surface area contributed by atoms with Gasteiger partial charge in [-0.05, 0) is 38.1 Å². The first-order valence-electron chi connectivity index (χ1n) is 5.48. The van der Waals surface area contributed by atoms with Crippen LogP contribution in [0.3, 0.4) is 0 Å². The van der Waals surface area contributed by atoms with Crippen LogP contribution in [0.5, 0.6) is 0 Å². The largest absolute Gasteiger partial charge is 0.396 e. The summed E-state index contributed by atoms with van der Waals surface area (Å²) in [5.74, 6) is 1.66. The van der Waals surface area contributed by atoms with Crippen molar-refractivity contribution in [3.63, 3.8) is 0 Å². The molecule has 1 rings (SSSR count). The van der Waals surface area contributed by atoms with Crippen LogP contribution in [0.1, 0.15) is 33.1 Å². The van der Waals surface area contributed by atoms with E-state index in [1.807, 2.05) is 0 Å². The Morgan fingerprint density at radius 3 is 2.23 bits per heavy atom. The third-order valence-corrected chi connectivity index (χ3v) is 3.42. The molecule has 0 heterocycles. The maximum absolute atomic E-state index is 8.76. The minimum atomic E-state index is 0.319. The van der Waals surface area contributed by atoms with E-state index in [2.05, 4.69) is 25.8 Å². The van der Waals surface area contributed by atoms with Crippen molar-refractivity contribution in [2.24, 2.45) is 11.8 Å². The molecule has 2 unspecified atom stereocenters. The summed E-state index contributed by atoms with van der Waals surface area (Å²) >= 11 is 0. The van der Waals surface area contributed by atoms with Crippen LogP contribution in [0.25, 0.3) is 0 Å². The summed E-state index contributed by atoms with van der Waals surface area (Å²) in [7, 11) is 2.19. The number of aliphatic hydroxyl groups excluding tert-OH is 1. The molecular formula is C11H23NO. The van der Waals surface area contributed by atoms with Crippen molar-refractivity contribution < 1.29 is 5.11 Å². The molecule has 0 aliphatic heterocycles. The normalized spacial score (nSPS) is 34.4. The van der Waals surface area contributed by atoms with Gasteiger partial charge in [0.25, 0.3) is 0 Å². The maximum atomic E-state index is 8.76. The van der Waals surface area contributed by atoms with Crippen molar-refractivity contribution in [3.05, 3.63) is 0 Å². The molecular weight excluding hydrogens is 162 g/mol. The molecule has 2 nitrogen and oxygen atoms in total. The van der Waals surface area contributed by atoms with Gasteiger partial charge in [-0.25, -0.2) is 0 Å². The molecule has 0 aromatic carbocycles. The fourth-order valence-electron chi connectivity index (χ4n) is 2.77. The Balaban J connectivity index is 2.39. The summed E-state index contributed by atoms with van der Waals surface area (Å²) < 4.78 is 0. The van der Waals surface area contributed by atoms with Gasteiger partial charge in [0.2, 0.25) is 0 Å². The topological polar surface area (TPSA) is 23.5 Å². The zero-order valence-corrected chi connectivity index (χ0v) is 9.16. The highest BCUT2D eigenvalue weighted by atomic mass is 16.3. The summed E-state index contributed by atoms with van der Waals surface area (Å²) in [6.45, 7) is 6.06. The van der Waals surface area contributed by atoms with E-state index in [0.29, 0.717) is 6.61 Å². The van der Waals surface area contributed by atoms with E-state index in [1.54, 1.807) is 0 Å². The maximum Gasteiger partial charge on any atom is 0.0443 e. The number of aliphatic hydroxyl groups is 1. The van der Waals surface area contributed by atoms with E-state index in [-0.39, 0.29) is 0 Å². The van der Waals surface area contributed by atoms with E-state index in [1.165, 1.54) is 12.8 Å². The third kappa shape index (κ3) is 2.68. The van der Waals surface area contributed by atoms with Gasteiger partial charge in [0.1, 0.15) is 0 Å². The van der Waals surface area contributed by atoms with Gasteiger partial charge in [-0.1, -0.05) is 13.8 Å². The lowest BCUT2D eigenvalue weighted by atomic mass is 9.99. The van der Waals surface area contributed by atoms with Crippen molar-refractivity contribution >= 4 is 0 Å². The second-order valence-electron chi connectivity index (χ2n) is 4.58. The summed E-state index contributed by atoms with van der Waals surface area (Å²) in [5, 5.41) is 8.76. The van der Waals surface area contributed by atoms with Gasteiger partial charge in [-0.3, -0.25) is 0 Å². The molecule has 1 aliphatic carbocycles. The zero-order chi connectivity index (χ0) is 9.84. The van der Waals surface area contributed by atoms with Crippen molar-refractivity contribution in [2.75, 3.05) is 20.2 Å². The highest BCUT2D eigenvalue weighted by Gasteiger charge is 2.32. The molecule has 1 saturated carbocycles. The first-order valence-corrected chi connectivity index (χ1v) is 5.48. The second-order valence-corrected chi connectivity index (χ2v) is 4.58.